The SMILES string of the molecule is CCOc1cc(C2C3=C(CC(C)(C)CC3=O)N(CCOC)C3=C2C(=O)CC(C)(C)C3)cc(I)c1O. The van der Waals surface area contributed by atoms with Gasteiger partial charge >= 0.3 is 0 Å². The van der Waals surface area contributed by atoms with Crippen LogP contribution in [0.25, 0.3) is 0 Å². The average Bonchev–Trinajstić information content (AvgIpc) is 2.73. The van der Waals surface area contributed by atoms with Crippen molar-refractivity contribution in [2.75, 3.05) is 26.9 Å². The summed E-state index contributed by atoms with van der Waals surface area (Å²) in [6, 6.07) is 3.70. The smallest absolute Gasteiger partial charge is 0.171 e. The molecule has 0 saturated carbocycles. The molecule has 190 valence electrons. The fraction of sp³-hybridized carbons (Fsp3) is 0.571. The van der Waals surface area contributed by atoms with Crippen molar-refractivity contribution in [1.29, 1.82) is 0 Å². The number of phenols is 1. The number of methoxy groups -OCH3 is 1. The minimum absolute atomic E-state index is 0.0874. The minimum atomic E-state index is -0.459. The second-order valence-corrected chi connectivity index (χ2v) is 12.6. The summed E-state index contributed by atoms with van der Waals surface area (Å²) in [7, 11) is 1.68. The molecule has 0 unspecified atom stereocenters. The van der Waals surface area contributed by atoms with Crippen molar-refractivity contribution in [3.05, 3.63) is 43.8 Å². The van der Waals surface area contributed by atoms with E-state index in [0.717, 1.165) is 40.9 Å². The average molecular weight is 594 g/mol. The van der Waals surface area contributed by atoms with Gasteiger partial charge in [0.2, 0.25) is 0 Å². The van der Waals surface area contributed by atoms with Crippen molar-refractivity contribution in [3.8, 4) is 11.5 Å². The number of hydrogen-bond acceptors (Lipinski definition) is 6. The molecule has 0 aromatic heterocycles. The highest BCUT2D eigenvalue weighted by Crippen LogP contribution is 2.55. The van der Waals surface area contributed by atoms with Crippen LogP contribution in [0.5, 0.6) is 11.5 Å². The number of aromatic hydroxyl groups is 1. The molecule has 1 heterocycles. The highest BCUT2D eigenvalue weighted by molar-refractivity contribution is 14.1. The lowest BCUT2D eigenvalue weighted by Crippen LogP contribution is -2.45. The van der Waals surface area contributed by atoms with Gasteiger partial charge in [0, 0.05) is 55.0 Å². The number of Topliss-reactive ketones (excluding diaryl/α,β-unsaturated/α-hetero) is 2. The van der Waals surface area contributed by atoms with Crippen LogP contribution < -0.4 is 4.74 Å². The zero-order valence-corrected chi connectivity index (χ0v) is 23.7. The number of carbonyl (C=O) groups excluding carboxylic acids is 2. The van der Waals surface area contributed by atoms with Crippen LogP contribution in [0.4, 0.5) is 0 Å². The Labute approximate surface area is 221 Å². The first-order chi connectivity index (χ1) is 16.4. The molecule has 1 aromatic rings. The molecule has 0 bridgehead atoms. The zero-order chi connectivity index (χ0) is 25.7. The van der Waals surface area contributed by atoms with Crippen molar-refractivity contribution in [1.82, 2.24) is 4.90 Å². The second kappa shape index (κ2) is 9.54. The molecular formula is C28H36INO5. The van der Waals surface area contributed by atoms with Crippen LogP contribution in [0, 0.1) is 14.4 Å². The molecule has 0 amide bonds. The zero-order valence-electron chi connectivity index (χ0n) is 21.6. The van der Waals surface area contributed by atoms with Gasteiger partial charge in [-0.15, -0.1) is 0 Å². The van der Waals surface area contributed by atoms with Gasteiger partial charge in [-0.3, -0.25) is 9.59 Å². The van der Waals surface area contributed by atoms with Gasteiger partial charge in [0.15, 0.2) is 23.1 Å². The quantitative estimate of drug-likeness (QED) is 0.425. The summed E-state index contributed by atoms with van der Waals surface area (Å²) < 4.78 is 11.8. The molecule has 3 aliphatic rings. The van der Waals surface area contributed by atoms with Gasteiger partial charge in [-0.05, 0) is 70.9 Å². The molecule has 1 N–H and O–H groups in total. The Hall–Kier alpha value is -1.87. The van der Waals surface area contributed by atoms with Gasteiger partial charge in [0.25, 0.3) is 0 Å². The van der Waals surface area contributed by atoms with Gasteiger partial charge in [-0.2, -0.15) is 0 Å². The predicted molar refractivity (Wildman–Crippen MR) is 143 cm³/mol. The highest BCUT2D eigenvalue weighted by atomic mass is 127. The van der Waals surface area contributed by atoms with Crippen LogP contribution in [0.2, 0.25) is 0 Å². The van der Waals surface area contributed by atoms with E-state index in [2.05, 4.69) is 55.2 Å². The lowest BCUT2D eigenvalue weighted by atomic mass is 9.63. The van der Waals surface area contributed by atoms with Gasteiger partial charge in [0.05, 0.1) is 16.8 Å². The van der Waals surface area contributed by atoms with Crippen molar-refractivity contribution < 1.29 is 24.2 Å². The van der Waals surface area contributed by atoms with Crippen LogP contribution in [-0.2, 0) is 14.3 Å². The number of phenolic OH excluding ortho intramolecular Hbond substituents is 1. The number of ketones is 2. The standard InChI is InChI=1S/C28H36INO5/c1-7-35-22-11-16(10-17(29)26(22)33)23-24-18(12-27(2,3)14-20(24)31)30(8-9-34-6)19-13-28(4,5)15-21(32)25(19)23/h10-11,23,33H,7-9,12-15H2,1-6H3. The van der Waals surface area contributed by atoms with E-state index in [4.69, 9.17) is 9.47 Å². The topological polar surface area (TPSA) is 76.1 Å². The molecule has 7 heteroatoms. The molecule has 6 nitrogen and oxygen atoms in total. The number of rotatable bonds is 6. The summed E-state index contributed by atoms with van der Waals surface area (Å²) in [4.78, 5) is 29.8. The van der Waals surface area contributed by atoms with Gasteiger partial charge in [-0.25, -0.2) is 0 Å². The van der Waals surface area contributed by atoms with Gasteiger partial charge in [0.1, 0.15) is 0 Å². The fourth-order valence-electron chi connectivity index (χ4n) is 5.86. The van der Waals surface area contributed by atoms with E-state index in [9.17, 15) is 14.7 Å². The normalized spacial score (nSPS) is 21.9. The summed E-state index contributed by atoms with van der Waals surface area (Å²) in [5, 5.41) is 10.6. The maximum absolute atomic E-state index is 13.8. The Balaban J connectivity index is 2.01. The molecule has 4 rings (SSSR count). The minimum Gasteiger partial charge on any atom is -0.504 e. The Morgan fingerprint density at radius 1 is 1.00 bits per heavy atom. The molecule has 0 atom stereocenters. The molecule has 0 saturated heterocycles. The van der Waals surface area contributed by atoms with Crippen LogP contribution in [-0.4, -0.2) is 48.4 Å². The van der Waals surface area contributed by atoms with E-state index < -0.39 is 5.92 Å². The predicted octanol–water partition coefficient (Wildman–Crippen LogP) is 5.73. The van der Waals surface area contributed by atoms with E-state index in [0.29, 0.717) is 41.9 Å². The molecule has 1 aromatic carbocycles. The lowest BCUT2D eigenvalue weighted by molar-refractivity contribution is -0.119. The van der Waals surface area contributed by atoms with Crippen LogP contribution in [0.1, 0.15) is 71.8 Å². The summed E-state index contributed by atoms with van der Waals surface area (Å²) in [6.07, 6.45) is 2.40. The molecule has 2 aliphatic carbocycles. The van der Waals surface area contributed by atoms with E-state index in [1.807, 2.05) is 19.1 Å². The van der Waals surface area contributed by atoms with Crippen molar-refractivity contribution in [3.63, 3.8) is 0 Å². The largest absolute Gasteiger partial charge is 0.504 e. The van der Waals surface area contributed by atoms with E-state index in [1.165, 1.54) is 0 Å². The van der Waals surface area contributed by atoms with Crippen LogP contribution in [0.3, 0.4) is 0 Å². The third-order valence-corrected chi connectivity index (χ3v) is 8.05. The Bertz CT molecular complexity index is 1080. The molecule has 0 fully saturated rings. The van der Waals surface area contributed by atoms with Crippen LogP contribution >= 0.6 is 22.6 Å². The third kappa shape index (κ3) is 4.90. The number of carbonyl (C=O) groups is 2. The fourth-order valence-corrected chi connectivity index (χ4v) is 6.48. The number of ether oxygens (including phenoxy) is 2. The van der Waals surface area contributed by atoms with E-state index in [-0.39, 0.29) is 28.1 Å². The Morgan fingerprint density at radius 2 is 1.54 bits per heavy atom. The lowest BCUT2D eigenvalue weighted by Gasteiger charge is -2.49. The monoisotopic (exact) mass is 593 g/mol. The third-order valence-electron chi connectivity index (χ3n) is 7.22. The maximum Gasteiger partial charge on any atom is 0.171 e. The molecule has 0 spiro atoms. The highest BCUT2D eigenvalue weighted by Gasteiger charge is 2.49. The van der Waals surface area contributed by atoms with Crippen molar-refractivity contribution in [2.24, 2.45) is 10.8 Å². The number of allylic oxidation sites excluding steroid dienone is 4. The van der Waals surface area contributed by atoms with Crippen molar-refractivity contribution >= 4 is 34.2 Å². The first kappa shape index (κ1) is 26.2. The summed E-state index contributed by atoms with van der Waals surface area (Å²) in [5.41, 5.74) is 3.95. The first-order valence-electron chi connectivity index (χ1n) is 12.3. The Kier molecular flexibility index (Phi) is 7.14. The molecular weight excluding hydrogens is 557 g/mol. The maximum atomic E-state index is 13.8. The first-order valence-corrected chi connectivity index (χ1v) is 13.4. The second-order valence-electron chi connectivity index (χ2n) is 11.5. The van der Waals surface area contributed by atoms with Crippen LogP contribution in [0.15, 0.2) is 34.7 Å². The van der Waals surface area contributed by atoms with Crippen molar-refractivity contribution in [2.45, 2.75) is 66.2 Å². The van der Waals surface area contributed by atoms with Gasteiger partial charge < -0.3 is 19.5 Å². The molecule has 0 radical (unpaired) electrons. The van der Waals surface area contributed by atoms with E-state index >= 15 is 0 Å². The molecule has 35 heavy (non-hydrogen) atoms. The molecule has 1 aliphatic heterocycles. The summed E-state index contributed by atoms with van der Waals surface area (Å²) in [6.45, 7) is 11.9. The summed E-state index contributed by atoms with van der Waals surface area (Å²) >= 11 is 2.09. The summed E-state index contributed by atoms with van der Waals surface area (Å²) in [5.74, 6) is 0.194. The van der Waals surface area contributed by atoms with E-state index in [1.54, 1.807) is 7.11 Å². The Morgan fingerprint density at radius 3 is 2.03 bits per heavy atom. The number of benzene rings is 1. The number of nitrogens with zero attached hydrogens (tertiary/aromatic N) is 1. The number of halogens is 1. The number of hydrogen-bond donors (Lipinski definition) is 1. The van der Waals surface area contributed by atoms with Gasteiger partial charge in [-0.1, -0.05) is 27.7 Å².